The van der Waals surface area contributed by atoms with Crippen LogP contribution in [0.1, 0.15) is 21.7 Å². The van der Waals surface area contributed by atoms with Crippen LogP contribution in [0, 0.1) is 10.1 Å². The number of hydrazone groups is 1. The molecular weight excluding hydrogens is 562 g/mol. The molecule has 0 radical (unpaired) electrons. The SMILES string of the molecule is O=C(N/N=C/c1cc(Cl)c(OCc2cccc3ccccc23)c(Br)c1)c1cc2cc([N+](=O)[O-])ccc2o1. The molecule has 1 N–H and O–H groups in total. The summed E-state index contributed by atoms with van der Waals surface area (Å²) in [6, 6.07) is 23.1. The molecule has 0 bridgehead atoms. The van der Waals surface area contributed by atoms with Gasteiger partial charge in [0.25, 0.3) is 5.69 Å². The molecule has 37 heavy (non-hydrogen) atoms. The minimum Gasteiger partial charge on any atom is -0.486 e. The molecule has 10 heteroatoms. The summed E-state index contributed by atoms with van der Waals surface area (Å²) >= 11 is 9.96. The molecule has 0 fully saturated rings. The molecule has 1 aromatic heterocycles. The van der Waals surface area contributed by atoms with Crippen LogP contribution in [-0.2, 0) is 6.61 Å². The number of ether oxygens (including phenoxy) is 1. The zero-order chi connectivity index (χ0) is 25.9. The van der Waals surface area contributed by atoms with Crippen LogP contribution in [-0.4, -0.2) is 17.0 Å². The van der Waals surface area contributed by atoms with E-state index in [1.54, 1.807) is 12.1 Å². The van der Waals surface area contributed by atoms with Crippen LogP contribution in [0.2, 0.25) is 5.02 Å². The smallest absolute Gasteiger partial charge is 0.307 e. The number of nitro benzene ring substituents is 1. The van der Waals surface area contributed by atoms with Crippen LogP contribution in [0.3, 0.4) is 0 Å². The van der Waals surface area contributed by atoms with E-state index in [1.165, 1.54) is 30.5 Å². The lowest BCUT2D eigenvalue weighted by atomic mass is 10.1. The third kappa shape index (κ3) is 5.32. The molecule has 0 atom stereocenters. The molecule has 5 aromatic rings. The van der Waals surface area contributed by atoms with Crippen LogP contribution in [0.5, 0.6) is 5.75 Å². The Morgan fingerprint density at radius 3 is 2.70 bits per heavy atom. The highest BCUT2D eigenvalue weighted by Crippen LogP contribution is 2.35. The van der Waals surface area contributed by atoms with Crippen LogP contribution >= 0.6 is 27.5 Å². The number of hydrogen-bond donors (Lipinski definition) is 1. The lowest BCUT2D eigenvalue weighted by molar-refractivity contribution is -0.384. The molecular formula is C27H17BrClN3O5. The van der Waals surface area contributed by atoms with Gasteiger partial charge in [-0.05, 0) is 62.1 Å². The quantitative estimate of drug-likeness (QED) is 0.124. The Balaban J connectivity index is 1.26. The predicted molar refractivity (Wildman–Crippen MR) is 145 cm³/mol. The van der Waals surface area contributed by atoms with Gasteiger partial charge >= 0.3 is 5.91 Å². The molecule has 5 rings (SSSR count). The number of carbonyl (C=O) groups is 1. The van der Waals surface area contributed by atoms with E-state index in [0.717, 1.165) is 16.3 Å². The average Bonchev–Trinajstić information content (AvgIpc) is 3.32. The number of amides is 1. The number of carbonyl (C=O) groups excluding carboxylic acids is 1. The predicted octanol–water partition coefficient (Wildman–Crippen LogP) is 7.25. The summed E-state index contributed by atoms with van der Waals surface area (Å²) < 4.78 is 12.1. The fraction of sp³-hybridized carbons (Fsp3) is 0.0370. The van der Waals surface area contributed by atoms with Crippen LogP contribution < -0.4 is 10.2 Å². The molecule has 0 aliphatic rings. The summed E-state index contributed by atoms with van der Waals surface area (Å²) in [5.41, 5.74) is 4.30. The van der Waals surface area contributed by atoms with Gasteiger partial charge in [0.1, 0.15) is 12.2 Å². The Bertz CT molecular complexity index is 1670. The van der Waals surface area contributed by atoms with Crippen molar-refractivity contribution in [3.05, 3.63) is 115 Å². The summed E-state index contributed by atoms with van der Waals surface area (Å²) in [6.45, 7) is 0.337. The Kier molecular flexibility index (Phi) is 6.89. The number of nitrogens with zero attached hydrogens (tertiary/aromatic N) is 2. The zero-order valence-electron chi connectivity index (χ0n) is 19.0. The summed E-state index contributed by atoms with van der Waals surface area (Å²) in [4.78, 5) is 22.8. The van der Waals surface area contributed by atoms with Gasteiger partial charge in [-0.15, -0.1) is 0 Å². The van der Waals surface area contributed by atoms with E-state index in [9.17, 15) is 14.9 Å². The van der Waals surface area contributed by atoms with E-state index in [1.807, 2.05) is 30.3 Å². The van der Waals surface area contributed by atoms with Gasteiger partial charge < -0.3 is 9.15 Å². The number of furan rings is 1. The number of hydrogen-bond acceptors (Lipinski definition) is 6. The summed E-state index contributed by atoms with van der Waals surface area (Å²) in [6.07, 6.45) is 1.43. The number of nitrogens with one attached hydrogen (secondary N) is 1. The first-order valence-electron chi connectivity index (χ1n) is 11.0. The second-order valence-corrected chi connectivity index (χ2v) is 9.29. The average molecular weight is 579 g/mol. The van der Waals surface area contributed by atoms with E-state index >= 15 is 0 Å². The Morgan fingerprint density at radius 2 is 1.89 bits per heavy atom. The fourth-order valence-corrected chi connectivity index (χ4v) is 4.83. The number of fused-ring (bicyclic) bond motifs is 2. The fourth-order valence-electron chi connectivity index (χ4n) is 3.84. The Labute approximate surface area is 223 Å². The van der Waals surface area contributed by atoms with Crippen molar-refractivity contribution in [2.75, 3.05) is 0 Å². The molecule has 184 valence electrons. The number of rotatable bonds is 7. The molecule has 4 aromatic carbocycles. The van der Waals surface area contributed by atoms with Crippen molar-refractivity contribution in [2.24, 2.45) is 5.10 Å². The van der Waals surface area contributed by atoms with Gasteiger partial charge in [0, 0.05) is 17.5 Å². The van der Waals surface area contributed by atoms with Gasteiger partial charge in [-0.25, -0.2) is 5.43 Å². The summed E-state index contributed by atoms with van der Waals surface area (Å²) in [5.74, 6) is -0.133. The van der Waals surface area contributed by atoms with Gasteiger partial charge in [-0.2, -0.15) is 5.10 Å². The highest BCUT2D eigenvalue weighted by atomic mass is 79.9. The third-order valence-corrected chi connectivity index (χ3v) is 6.46. The highest BCUT2D eigenvalue weighted by Gasteiger charge is 2.15. The minimum absolute atomic E-state index is 0.0240. The molecule has 1 heterocycles. The van der Waals surface area contributed by atoms with Crippen molar-refractivity contribution in [2.45, 2.75) is 6.61 Å². The summed E-state index contributed by atoms with van der Waals surface area (Å²) in [5, 5.41) is 18.0. The molecule has 1 amide bonds. The van der Waals surface area contributed by atoms with Gasteiger partial charge in [-0.3, -0.25) is 14.9 Å². The first-order chi connectivity index (χ1) is 17.9. The number of non-ortho nitro benzene ring substituents is 1. The number of nitro groups is 1. The van der Waals surface area contributed by atoms with Gasteiger partial charge in [-0.1, -0.05) is 54.1 Å². The van der Waals surface area contributed by atoms with Gasteiger partial charge in [0.15, 0.2) is 11.5 Å². The van der Waals surface area contributed by atoms with E-state index in [0.29, 0.717) is 38.4 Å². The highest BCUT2D eigenvalue weighted by molar-refractivity contribution is 9.10. The van der Waals surface area contributed by atoms with Crippen LogP contribution in [0.4, 0.5) is 5.69 Å². The van der Waals surface area contributed by atoms with Crippen molar-refractivity contribution >= 4 is 67.1 Å². The number of benzene rings is 4. The molecule has 0 unspecified atom stereocenters. The Morgan fingerprint density at radius 1 is 1.08 bits per heavy atom. The molecule has 0 aliphatic heterocycles. The normalized spacial score (nSPS) is 11.3. The second kappa shape index (κ2) is 10.4. The standard InChI is InChI=1S/C27H17BrClN3O5/c28-22-10-16(11-23(29)26(22)36-15-18-6-3-5-17-4-1-2-7-21(17)18)14-30-31-27(33)25-13-19-12-20(32(34)35)8-9-24(19)37-25/h1-14H,15H2,(H,31,33)/b30-14+. The van der Waals surface area contributed by atoms with Crippen molar-refractivity contribution in [1.82, 2.24) is 5.43 Å². The minimum atomic E-state index is -0.602. The zero-order valence-corrected chi connectivity index (χ0v) is 21.3. The first-order valence-corrected chi connectivity index (χ1v) is 12.2. The first kappa shape index (κ1) is 24.5. The largest absolute Gasteiger partial charge is 0.486 e. The Hall–Kier alpha value is -4.21. The topological polar surface area (TPSA) is 107 Å². The summed E-state index contributed by atoms with van der Waals surface area (Å²) in [7, 11) is 0. The van der Waals surface area contributed by atoms with E-state index in [-0.39, 0.29) is 11.4 Å². The van der Waals surface area contributed by atoms with E-state index in [4.69, 9.17) is 20.8 Å². The molecule has 0 saturated carbocycles. The maximum absolute atomic E-state index is 12.4. The van der Waals surface area contributed by atoms with Crippen LogP contribution in [0.25, 0.3) is 21.7 Å². The maximum atomic E-state index is 12.4. The molecule has 0 aliphatic carbocycles. The van der Waals surface area contributed by atoms with Crippen LogP contribution in [0.15, 0.2) is 92.9 Å². The molecule has 0 spiro atoms. The van der Waals surface area contributed by atoms with E-state index < -0.39 is 10.8 Å². The van der Waals surface area contributed by atoms with Crippen molar-refractivity contribution in [3.8, 4) is 5.75 Å². The molecule has 0 saturated heterocycles. The van der Waals surface area contributed by atoms with E-state index in [2.05, 4.69) is 38.6 Å². The van der Waals surface area contributed by atoms with Gasteiger partial charge in [0.05, 0.1) is 20.6 Å². The lowest BCUT2D eigenvalue weighted by Gasteiger charge is -2.12. The lowest BCUT2D eigenvalue weighted by Crippen LogP contribution is -2.16. The van der Waals surface area contributed by atoms with Crippen molar-refractivity contribution < 1.29 is 18.9 Å². The molecule has 8 nitrogen and oxygen atoms in total. The van der Waals surface area contributed by atoms with Crippen molar-refractivity contribution in [1.29, 1.82) is 0 Å². The monoisotopic (exact) mass is 577 g/mol. The maximum Gasteiger partial charge on any atom is 0.307 e. The third-order valence-electron chi connectivity index (χ3n) is 5.59. The second-order valence-electron chi connectivity index (χ2n) is 8.03. The van der Waals surface area contributed by atoms with Gasteiger partial charge in [0.2, 0.25) is 0 Å². The number of halogens is 2. The van der Waals surface area contributed by atoms with Crippen molar-refractivity contribution in [3.63, 3.8) is 0 Å².